The van der Waals surface area contributed by atoms with E-state index in [1.165, 1.54) is 0 Å². The zero-order valence-electron chi connectivity index (χ0n) is 10.5. The van der Waals surface area contributed by atoms with Gasteiger partial charge in [-0.15, -0.1) is 0 Å². The molecule has 0 aromatic heterocycles. The molecule has 0 aliphatic rings. The molecule has 104 valence electrons. The second-order valence-electron chi connectivity index (χ2n) is 4.19. The number of carbonyl (C=O) groups excluding carboxylic acids is 1. The van der Waals surface area contributed by atoms with Gasteiger partial charge in [0.15, 0.2) is 0 Å². The predicted molar refractivity (Wildman–Crippen MR) is 74.6 cm³/mol. The van der Waals surface area contributed by atoms with Gasteiger partial charge in [-0.1, -0.05) is 18.0 Å². The van der Waals surface area contributed by atoms with Gasteiger partial charge in [0.25, 0.3) is 5.91 Å². The van der Waals surface area contributed by atoms with E-state index in [4.69, 9.17) is 22.4 Å². The summed E-state index contributed by atoms with van der Waals surface area (Å²) in [6.45, 7) is 0.639. The second kappa shape index (κ2) is 7.63. The van der Waals surface area contributed by atoms with Crippen LogP contribution in [0.15, 0.2) is 18.2 Å². The number of primary amides is 1. The van der Waals surface area contributed by atoms with Gasteiger partial charge in [0.1, 0.15) is 0 Å². The number of nitrogens with two attached hydrogens (primary N) is 1. The van der Waals surface area contributed by atoms with Crippen LogP contribution in [-0.4, -0.2) is 23.5 Å². The molecule has 0 aliphatic carbocycles. The van der Waals surface area contributed by atoms with Crippen LogP contribution in [0.1, 0.15) is 36.0 Å². The average molecular weight is 285 g/mol. The van der Waals surface area contributed by atoms with Crippen molar-refractivity contribution in [1.29, 1.82) is 0 Å². The van der Waals surface area contributed by atoms with Gasteiger partial charge >= 0.3 is 5.97 Å². The van der Waals surface area contributed by atoms with Crippen molar-refractivity contribution in [3.05, 3.63) is 28.8 Å². The number of rotatable bonds is 8. The molecule has 1 rings (SSSR count). The summed E-state index contributed by atoms with van der Waals surface area (Å²) in [5.41, 5.74) is 6.27. The number of carboxylic acids is 1. The van der Waals surface area contributed by atoms with Crippen molar-refractivity contribution in [2.75, 3.05) is 11.9 Å². The number of benzene rings is 1. The third kappa shape index (κ3) is 5.61. The molecule has 0 aliphatic heterocycles. The number of hydrogen-bond acceptors (Lipinski definition) is 3. The lowest BCUT2D eigenvalue weighted by atomic mass is 10.1. The van der Waals surface area contributed by atoms with Crippen molar-refractivity contribution >= 4 is 29.2 Å². The number of hydrogen-bond donors (Lipinski definition) is 3. The monoisotopic (exact) mass is 284 g/mol. The van der Waals surface area contributed by atoms with E-state index < -0.39 is 11.9 Å². The van der Waals surface area contributed by atoms with E-state index in [-0.39, 0.29) is 6.42 Å². The number of carboxylic acid groups (broad SMARTS) is 1. The molecule has 0 fully saturated rings. The Kier molecular flexibility index (Phi) is 6.15. The standard InChI is InChI=1S/C13H17ClN2O3/c14-9-5-6-10(13(15)19)11(8-9)16-7-3-1-2-4-12(17)18/h5-6,8,16H,1-4,7H2,(H2,15,19)(H,17,18). The van der Waals surface area contributed by atoms with Crippen LogP contribution in [-0.2, 0) is 4.79 Å². The minimum atomic E-state index is -0.779. The number of halogens is 1. The summed E-state index contributed by atoms with van der Waals surface area (Å²) in [5.74, 6) is -1.29. The largest absolute Gasteiger partial charge is 0.481 e. The molecule has 0 saturated carbocycles. The first-order valence-corrected chi connectivity index (χ1v) is 6.43. The van der Waals surface area contributed by atoms with Crippen molar-refractivity contribution in [3.63, 3.8) is 0 Å². The maximum absolute atomic E-state index is 11.2. The maximum Gasteiger partial charge on any atom is 0.303 e. The number of aliphatic carboxylic acids is 1. The fraction of sp³-hybridized carbons (Fsp3) is 0.385. The van der Waals surface area contributed by atoms with Crippen LogP contribution in [0.3, 0.4) is 0 Å². The van der Waals surface area contributed by atoms with Crippen LogP contribution >= 0.6 is 11.6 Å². The van der Waals surface area contributed by atoms with Crippen molar-refractivity contribution in [1.82, 2.24) is 0 Å². The van der Waals surface area contributed by atoms with E-state index >= 15 is 0 Å². The highest BCUT2D eigenvalue weighted by Gasteiger charge is 2.08. The van der Waals surface area contributed by atoms with Crippen molar-refractivity contribution in [2.45, 2.75) is 25.7 Å². The Morgan fingerprint density at radius 2 is 2.00 bits per heavy atom. The first-order chi connectivity index (χ1) is 9.00. The molecule has 1 amide bonds. The van der Waals surface area contributed by atoms with Crippen molar-refractivity contribution < 1.29 is 14.7 Å². The highest BCUT2D eigenvalue weighted by molar-refractivity contribution is 6.31. The van der Waals surface area contributed by atoms with E-state index in [0.717, 1.165) is 12.8 Å². The molecule has 5 nitrogen and oxygen atoms in total. The van der Waals surface area contributed by atoms with Gasteiger partial charge in [0, 0.05) is 23.7 Å². The van der Waals surface area contributed by atoms with E-state index in [1.807, 2.05) is 0 Å². The van der Waals surface area contributed by atoms with E-state index in [1.54, 1.807) is 18.2 Å². The van der Waals surface area contributed by atoms with E-state index in [0.29, 0.717) is 29.2 Å². The van der Waals surface area contributed by atoms with Gasteiger partial charge in [-0.2, -0.15) is 0 Å². The Hall–Kier alpha value is -1.75. The van der Waals surface area contributed by atoms with Crippen molar-refractivity contribution in [3.8, 4) is 0 Å². The molecular formula is C13H17ClN2O3. The number of carbonyl (C=O) groups is 2. The summed E-state index contributed by atoms with van der Waals surface area (Å²) >= 11 is 5.86. The molecule has 0 heterocycles. The minimum absolute atomic E-state index is 0.184. The molecule has 0 bridgehead atoms. The van der Waals surface area contributed by atoms with Crippen LogP contribution < -0.4 is 11.1 Å². The fourth-order valence-electron chi connectivity index (χ4n) is 1.68. The second-order valence-corrected chi connectivity index (χ2v) is 4.62. The molecular weight excluding hydrogens is 268 g/mol. The summed E-state index contributed by atoms with van der Waals surface area (Å²) < 4.78 is 0. The smallest absolute Gasteiger partial charge is 0.303 e. The average Bonchev–Trinajstić information content (AvgIpc) is 2.33. The lowest BCUT2D eigenvalue weighted by molar-refractivity contribution is -0.137. The number of anilines is 1. The van der Waals surface area contributed by atoms with Gasteiger partial charge in [-0.25, -0.2) is 0 Å². The molecule has 19 heavy (non-hydrogen) atoms. The van der Waals surface area contributed by atoms with Gasteiger partial charge in [-0.05, 0) is 31.0 Å². The first kappa shape index (κ1) is 15.3. The third-order valence-electron chi connectivity index (χ3n) is 2.63. The summed E-state index contributed by atoms with van der Waals surface area (Å²) in [6, 6.07) is 4.84. The number of unbranched alkanes of at least 4 members (excludes halogenated alkanes) is 2. The molecule has 6 heteroatoms. The normalized spacial score (nSPS) is 10.2. The van der Waals surface area contributed by atoms with Crippen molar-refractivity contribution in [2.24, 2.45) is 5.73 Å². The van der Waals surface area contributed by atoms with Gasteiger partial charge in [0.2, 0.25) is 0 Å². The Balaban J connectivity index is 2.42. The molecule has 0 radical (unpaired) electrons. The van der Waals surface area contributed by atoms with Gasteiger partial charge in [0.05, 0.1) is 5.56 Å². The number of nitrogens with one attached hydrogen (secondary N) is 1. The Labute approximate surface area is 116 Å². The fourth-order valence-corrected chi connectivity index (χ4v) is 1.85. The predicted octanol–water partition coefficient (Wildman–Crippen LogP) is 2.50. The Morgan fingerprint density at radius 1 is 1.26 bits per heavy atom. The summed E-state index contributed by atoms with van der Waals surface area (Å²) in [4.78, 5) is 21.5. The molecule has 0 saturated heterocycles. The molecule has 0 spiro atoms. The molecule has 0 unspecified atom stereocenters. The quantitative estimate of drug-likeness (QED) is 0.640. The molecule has 1 aromatic carbocycles. The SMILES string of the molecule is NC(=O)c1ccc(Cl)cc1NCCCCCC(=O)O. The van der Waals surface area contributed by atoms with Crippen LogP contribution in [0.2, 0.25) is 5.02 Å². The number of amides is 1. The summed E-state index contributed by atoms with van der Waals surface area (Å²) in [5, 5.41) is 12.1. The molecule has 4 N–H and O–H groups in total. The summed E-state index contributed by atoms with van der Waals surface area (Å²) in [7, 11) is 0. The van der Waals surface area contributed by atoms with E-state index in [2.05, 4.69) is 5.32 Å². The first-order valence-electron chi connectivity index (χ1n) is 6.05. The highest BCUT2D eigenvalue weighted by atomic mass is 35.5. The highest BCUT2D eigenvalue weighted by Crippen LogP contribution is 2.20. The van der Waals surface area contributed by atoms with Crippen LogP contribution in [0.5, 0.6) is 0 Å². The minimum Gasteiger partial charge on any atom is -0.481 e. The van der Waals surface area contributed by atoms with Gasteiger partial charge < -0.3 is 16.2 Å². The van der Waals surface area contributed by atoms with Crippen LogP contribution in [0, 0.1) is 0 Å². The van der Waals surface area contributed by atoms with Gasteiger partial charge in [-0.3, -0.25) is 9.59 Å². The zero-order chi connectivity index (χ0) is 14.3. The molecule has 0 atom stereocenters. The Morgan fingerprint density at radius 3 is 2.63 bits per heavy atom. The Bertz CT molecular complexity index is 463. The topological polar surface area (TPSA) is 92.4 Å². The van der Waals surface area contributed by atoms with Crippen LogP contribution in [0.25, 0.3) is 0 Å². The third-order valence-corrected chi connectivity index (χ3v) is 2.87. The lowest BCUT2D eigenvalue weighted by Crippen LogP contribution is -2.14. The molecule has 1 aromatic rings. The van der Waals surface area contributed by atoms with E-state index in [9.17, 15) is 9.59 Å². The summed E-state index contributed by atoms with van der Waals surface area (Å²) in [6.07, 6.45) is 2.46. The zero-order valence-corrected chi connectivity index (χ0v) is 11.2. The van der Waals surface area contributed by atoms with Crippen LogP contribution in [0.4, 0.5) is 5.69 Å². The lowest BCUT2D eigenvalue weighted by Gasteiger charge is -2.10. The maximum atomic E-state index is 11.2.